The molecule has 0 saturated heterocycles. The lowest BCUT2D eigenvalue weighted by molar-refractivity contribution is -0.136. The molecule has 2 heterocycles. The molecule has 0 aliphatic rings. The number of urea groups is 1. The fraction of sp³-hybridized carbons (Fsp3) is 0.133. The monoisotopic (exact) mass is 335 g/mol. The maximum atomic E-state index is 12.9. The molecule has 6 nitrogen and oxygen atoms in total. The number of pyridine rings is 1. The number of alkyl halides is 3. The second-order valence-corrected chi connectivity index (χ2v) is 4.97. The molecule has 0 fully saturated rings. The number of amides is 2. The summed E-state index contributed by atoms with van der Waals surface area (Å²) in [6.45, 7) is 1.69. The van der Waals surface area contributed by atoms with Crippen molar-refractivity contribution >= 4 is 23.1 Å². The minimum atomic E-state index is -4.56. The second-order valence-electron chi connectivity index (χ2n) is 4.97. The van der Waals surface area contributed by atoms with Crippen LogP contribution in [0.1, 0.15) is 11.4 Å². The largest absolute Gasteiger partial charge is 0.418 e. The van der Waals surface area contributed by atoms with E-state index in [4.69, 9.17) is 0 Å². The summed E-state index contributed by atoms with van der Waals surface area (Å²) < 4.78 is 40.3. The highest BCUT2D eigenvalue weighted by atomic mass is 19.4. The number of fused-ring (bicyclic) bond motifs is 1. The van der Waals surface area contributed by atoms with Gasteiger partial charge in [0.1, 0.15) is 5.82 Å². The fourth-order valence-corrected chi connectivity index (χ4v) is 2.23. The van der Waals surface area contributed by atoms with Crippen LogP contribution in [-0.4, -0.2) is 20.6 Å². The molecule has 0 saturated carbocycles. The molecule has 124 valence electrons. The van der Waals surface area contributed by atoms with Crippen LogP contribution in [0.3, 0.4) is 0 Å². The van der Waals surface area contributed by atoms with Crippen molar-refractivity contribution in [3.63, 3.8) is 0 Å². The van der Waals surface area contributed by atoms with E-state index in [9.17, 15) is 18.0 Å². The van der Waals surface area contributed by atoms with Crippen molar-refractivity contribution in [1.29, 1.82) is 0 Å². The van der Waals surface area contributed by atoms with Crippen molar-refractivity contribution in [3.05, 3.63) is 54.0 Å². The van der Waals surface area contributed by atoms with Crippen molar-refractivity contribution in [2.75, 3.05) is 10.6 Å². The SMILES string of the molecule is Cc1nc2c(NC(=O)Nc3ccccc3C(F)(F)F)cccn2n1. The Kier molecular flexibility index (Phi) is 3.84. The highest BCUT2D eigenvalue weighted by Gasteiger charge is 2.33. The normalized spacial score (nSPS) is 11.5. The lowest BCUT2D eigenvalue weighted by atomic mass is 10.1. The van der Waals surface area contributed by atoms with Gasteiger partial charge >= 0.3 is 12.2 Å². The van der Waals surface area contributed by atoms with E-state index in [-0.39, 0.29) is 5.69 Å². The van der Waals surface area contributed by atoms with E-state index in [1.54, 1.807) is 25.3 Å². The molecule has 3 aromatic rings. The maximum absolute atomic E-state index is 12.9. The van der Waals surface area contributed by atoms with Crippen molar-refractivity contribution in [3.8, 4) is 0 Å². The Morgan fingerprint density at radius 2 is 1.75 bits per heavy atom. The number of halogens is 3. The number of rotatable bonds is 2. The summed E-state index contributed by atoms with van der Waals surface area (Å²) in [5.74, 6) is 0.507. The first-order chi connectivity index (χ1) is 11.3. The molecule has 0 radical (unpaired) electrons. The van der Waals surface area contributed by atoms with Gasteiger partial charge in [0.05, 0.1) is 16.9 Å². The van der Waals surface area contributed by atoms with Crippen LogP contribution in [0.5, 0.6) is 0 Å². The minimum absolute atomic E-state index is 0.327. The molecule has 2 N–H and O–H groups in total. The van der Waals surface area contributed by atoms with Crippen LogP contribution in [0.15, 0.2) is 42.6 Å². The molecule has 0 unspecified atom stereocenters. The van der Waals surface area contributed by atoms with Crippen molar-refractivity contribution in [2.24, 2.45) is 0 Å². The summed E-state index contributed by atoms with van der Waals surface area (Å²) in [7, 11) is 0. The predicted molar refractivity (Wildman–Crippen MR) is 81.8 cm³/mol. The van der Waals surface area contributed by atoms with Gasteiger partial charge in [-0.15, -0.1) is 0 Å². The molecular formula is C15H12F3N5O. The molecule has 0 spiro atoms. The first-order valence-corrected chi connectivity index (χ1v) is 6.91. The van der Waals surface area contributed by atoms with Crippen molar-refractivity contribution < 1.29 is 18.0 Å². The smallest absolute Gasteiger partial charge is 0.307 e. The number of hydrogen-bond acceptors (Lipinski definition) is 3. The van der Waals surface area contributed by atoms with Gasteiger partial charge in [0, 0.05) is 6.20 Å². The first-order valence-electron chi connectivity index (χ1n) is 6.91. The van der Waals surface area contributed by atoms with Gasteiger partial charge in [-0.3, -0.25) is 0 Å². The Bertz CT molecular complexity index is 904. The molecule has 2 aromatic heterocycles. The van der Waals surface area contributed by atoms with Gasteiger partial charge in [-0.05, 0) is 31.2 Å². The van der Waals surface area contributed by atoms with Gasteiger partial charge in [0.25, 0.3) is 0 Å². The lowest BCUT2D eigenvalue weighted by Crippen LogP contribution is -2.22. The van der Waals surface area contributed by atoms with Crippen LogP contribution in [0, 0.1) is 6.92 Å². The van der Waals surface area contributed by atoms with E-state index in [0.717, 1.165) is 6.07 Å². The number of para-hydroxylation sites is 1. The average Bonchev–Trinajstić information content (AvgIpc) is 2.88. The van der Waals surface area contributed by atoms with Gasteiger partial charge in [0.15, 0.2) is 5.65 Å². The van der Waals surface area contributed by atoms with Gasteiger partial charge in [0.2, 0.25) is 0 Å². The lowest BCUT2D eigenvalue weighted by Gasteiger charge is -2.14. The van der Waals surface area contributed by atoms with Crippen LogP contribution in [0.2, 0.25) is 0 Å². The van der Waals surface area contributed by atoms with Crippen LogP contribution >= 0.6 is 0 Å². The molecule has 0 bridgehead atoms. The highest BCUT2D eigenvalue weighted by Crippen LogP contribution is 2.34. The number of aromatic nitrogens is 3. The van der Waals surface area contributed by atoms with Crippen LogP contribution in [-0.2, 0) is 6.18 Å². The molecule has 0 atom stereocenters. The quantitative estimate of drug-likeness (QED) is 0.750. The minimum Gasteiger partial charge on any atom is -0.307 e. The second kappa shape index (κ2) is 5.84. The summed E-state index contributed by atoms with van der Waals surface area (Å²) in [6, 6.07) is 7.17. The Hall–Kier alpha value is -3.10. The molecule has 24 heavy (non-hydrogen) atoms. The van der Waals surface area contributed by atoms with E-state index in [1.807, 2.05) is 0 Å². The molecule has 3 rings (SSSR count). The number of carbonyl (C=O) groups is 1. The van der Waals surface area contributed by atoms with Crippen molar-refractivity contribution in [1.82, 2.24) is 14.6 Å². The topological polar surface area (TPSA) is 71.3 Å². The molecular weight excluding hydrogens is 323 g/mol. The summed E-state index contributed by atoms with van der Waals surface area (Å²) in [5.41, 5.74) is -0.516. The van der Waals surface area contributed by atoms with Gasteiger partial charge < -0.3 is 10.6 Å². The van der Waals surface area contributed by atoms with E-state index in [2.05, 4.69) is 20.7 Å². The molecule has 9 heteroatoms. The van der Waals surface area contributed by atoms with Gasteiger partial charge in [-0.1, -0.05) is 12.1 Å². The predicted octanol–water partition coefficient (Wildman–Crippen LogP) is 3.70. The molecule has 1 aromatic carbocycles. The third kappa shape index (κ3) is 3.14. The van der Waals surface area contributed by atoms with Crippen molar-refractivity contribution in [2.45, 2.75) is 13.1 Å². The molecule has 2 amide bonds. The average molecular weight is 335 g/mol. The third-order valence-electron chi connectivity index (χ3n) is 3.20. The van der Waals surface area contributed by atoms with E-state index in [0.29, 0.717) is 17.2 Å². The van der Waals surface area contributed by atoms with Gasteiger partial charge in [-0.25, -0.2) is 14.3 Å². The number of nitrogens with zero attached hydrogens (tertiary/aromatic N) is 3. The maximum Gasteiger partial charge on any atom is 0.418 e. The number of nitrogens with one attached hydrogen (secondary N) is 2. The molecule has 0 aliphatic carbocycles. The summed E-state index contributed by atoms with van der Waals surface area (Å²) in [6.07, 6.45) is -2.91. The number of carbonyl (C=O) groups excluding carboxylic acids is 1. The standard InChI is InChI=1S/C15H12F3N5O/c1-9-19-13-12(7-4-8-23(13)22-9)21-14(24)20-11-6-3-2-5-10(11)15(16,17)18/h2-8H,1H3,(H2,20,21,24). The van der Waals surface area contributed by atoms with E-state index in [1.165, 1.54) is 22.7 Å². The number of benzene rings is 1. The Balaban J connectivity index is 1.84. The first kappa shape index (κ1) is 15.8. The number of aryl methyl sites for hydroxylation is 1. The van der Waals surface area contributed by atoms with E-state index < -0.39 is 17.8 Å². The number of hydrogen-bond donors (Lipinski definition) is 2. The third-order valence-corrected chi connectivity index (χ3v) is 3.20. The highest BCUT2D eigenvalue weighted by molar-refractivity contribution is 6.02. The number of anilines is 2. The zero-order valence-corrected chi connectivity index (χ0v) is 12.4. The Labute approximate surface area is 134 Å². The van der Waals surface area contributed by atoms with Crippen LogP contribution in [0.25, 0.3) is 5.65 Å². The Morgan fingerprint density at radius 1 is 1.08 bits per heavy atom. The Morgan fingerprint density at radius 3 is 2.50 bits per heavy atom. The van der Waals surface area contributed by atoms with Crippen LogP contribution in [0.4, 0.5) is 29.3 Å². The summed E-state index contributed by atoms with van der Waals surface area (Å²) >= 11 is 0. The molecule has 0 aliphatic heterocycles. The zero-order valence-electron chi connectivity index (χ0n) is 12.4. The fourth-order valence-electron chi connectivity index (χ4n) is 2.23. The summed E-state index contributed by atoms with van der Waals surface area (Å²) in [5, 5.41) is 8.79. The van der Waals surface area contributed by atoms with E-state index >= 15 is 0 Å². The van der Waals surface area contributed by atoms with Crippen LogP contribution < -0.4 is 10.6 Å². The zero-order chi connectivity index (χ0) is 17.3. The van der Waals surface area contributed by atoms with Gasteiger partial charge in [-0.2, -0.15) is 18.3 Å². The summed E-state index contributed by atoms with van der Waals surface area (Å²) in [4.78, 5) is 16.2.